The molecule has 1 aromatic rings. The Morgan fingerprint density at radius 3 is 2.71 bits per heavy atom. The van der Waals surface area contributed by atoms with E-state index < -0.39 is 0 Å². The number of aliphatic hydroxyl groups excluding tert-OH is 1. The van der Waals surface area contributed by atoms with Crippen LogP contribution in [0.3, 0.4) is 0 Å². The van der Waals surface area contributed by atoms with E-state index in [0.29, 0.717) is 10.0 Å². The molecule has 2 rings (SSSR count). The van der Waals surface area contributed by atoms with Crippen LogP contribution in [0.15, 0.2) is 0 Å². The lowest BCUT2D eigenvalue weighted by Gasteiger charge is -2.36. The molecule has 6 heteroatoms. The minimum absolute atomic E-state index is 0.0894. The van der Waals surface area contributed by atoms with Crippen LogP contribution in [0.25, 0.3) is 0 Å². The van der Waals surface area contributed by atoms with Crippen LogP contribution in [-0.4, -0.2) is 22.2 Å². The van der Waals surface area contributed by atoms with Gasteiger partial charge in [0.05, 0.1) is 12.1 Å². The topological polar surface area (TPSA) is 68.9 Å². The molecule has 0 aliphatic heterocycles. The molecule has 0 aromatic carbocycles. The van der Waals surface area contributed by atoms with Gasteiger partial charge in [0.1, 0.15) is 10.9 Å². The van der Waals surface area contributed by atoms with Gasteiger partial charge in [0, 0.05) is 0 Å². The van der Waals surface area contributed by atoms with E-state index in [-0.39, 0.29) is 17.3 Å². The minimum Gasteiger partial charge on any atom is -0.394 e. The number of nitrogens with zero attached hydrogens (tertiary/aromatic N) is 2. The van der Waals surface area contributed by atoms with Crippen molar-refractivity contribution in [2.75, 3.05) is 11.9 Å². The molecule has 1 aliphatic carbocycles. The van der Waals surface area contributed by atoms with Gasteiger partial charge in [-0.25, -0.2) is 4.98 Å². The van der Waals surface area contributed by atoms with E-state index >= 15 is 0 Å². The van der Waals surface area contributed by atoms with Crippen LogP contribution in [-0.2, 0) is 0 Å². The Hall–Kier alpha value is -0.830. The highest BCUT2D eigenvalue weighted by molar-refractivity contribution is 7.16. The van der Waals surface area contributed by atoms with Gasteiger partial charge in [-0.05, 0) is 12.8 Å². The van der Waals surface area contributed by atoms with Crippen molar-refractivity contribution in [1.82, 2.24) is 4.98 Å². The smallest absolute Gasteiger partial charge is 0.185 e. The highest BCUT2D eigenvalue weighted by Gasteiger charge is 2.32. The molecule has 0 atom stereocenters. The molecule has 0 spiro atoms. The van der Waals surface area contributed by atoms with Gasteiger partial charge < -0.3 is 10.4 Å². The summed E-state index contributed by atoms with van der Waals surface area (Å²) in [5.74, 6) is 0. The van der Waals surface area contributed by atoms with Crippen molar-refractivity contribution in [1.29, 1.82) is 5.26 Å². The van der Waals surface area contributed by atoms with Crippen LogP contribution in [0, 0.1) is 11.3 Å². The van der Waals surface area contributed by atoms with Crippen molar-refractivity contribution >= 4 is 28.1 Å². The van der Waals surface area contributed by atoms with Crippen LogP contribution >= 0.6 is 22.9 Å². The van der Waals surface area contributed by atoms with E-state index in [1.54, 1.807) is 0 Å². The number of anilines is 1. The number of hydrogen-bond acceptors (Lipinski definition) is 5. The molecule has 0 saturated heterocycles. The Morgan fingerprint density at radius 1 is 1.47 bits per heavy atom. The quantitative estimate of drug-likeness (QED) is 0.887. The lowest BCUT2D eigenvalue weighted by Crippen LogP contribution is -2.43. The molecule has 2 N–H and O–H groups in total. The fourth-order valence-corrected chi connectivity index (χ4v) is 3.27. The van der Waals surface area contributed by atoms with Gasteiger partial charge in [-0.1, -0.05) is 42.2 Å². The molecule has 1 fully saturated rings. The predicted molar refractivity (Wildman–Crippen MR) is 68.4 cm³/mol. The van der Waals surface area contributed by atoms with Gasteiger partial charge in [-0.15, -0.1) is 0 Å². The molecule has 0 unspecified atom stereocenters. The van der Waals surface area contributed by atoms with E-state index in [1.165, 1.54) is 17.8 Å². The average Bonchev–Trinajstić information content (AvgIpc) is 2.70. The minimum atomic E-state index is -0.286. The molecule has 4 nitrogen and oxygen atoms in total. The van der Waals surface area contributed by atoms with E-state index in [1.807, 2.05) is 6.07 Å². The Bertz CT molecular complexity index is 434. The summed E-state index contributed by atoms with van der Waals surface area (Å²) in [5.41, 5.74) is -0.286. The molecule has 1 aromatic heterocycles. The molecule has 1 saturated carbocycles. The molecule has 0 bridgehead atoms. The summed E-state index contributed by atoms with van der Waals surface area (Å²) in [6.45, 7) is 0.0894. The summed E-state index contributed by atoms with van der Waals surface area (Å²) in [6, 6.07) is 2.00. The van der Waals surface area contributed by atoms with Crippen LogP contribution in [0.1, 0.15) is 37.0 Å². The van der Waals surface area contributed by atoms with Gasteiger partial charge in [0.15, 0.2) is 10.3 Å². The van der Waals surface area contributed by atoms with Gasteiger partial charge in [0.2, 0.25) is 0 Å². The average molecular weight is 272 g/mol. The summed E-state index contributed by atoms with van der Waals surface area (Å²) in [6.07, 6.45) is 5.30. The Kier molecular flexibility index (Phi) is 3.87. The highest BCUT2D eigenvalue weighted by Crippen LogP contribution is 2.34. The monoisotopic (exact) mass is 271 g/mol. The molecule has 92 valence electrons. The van der Waals surface area contributed by atoms with E-state index in [0.717, 1.165) is 25.7 Å². The third-order valence-corrected chi connectivity index (χ3v) is 4.43. The molecule has 1 aliphatic rings. The second-order valence-corrected chi connectivity index (χ2v) is 5.73. The highest BCUT2D eigenvalue weighted by atomic mass is 35.5. The maximum absolute atomic E-state index is 9.55. The van der Waals surface area contributed by atoms with Crippen LogP contribution in [0.2, 0.25) is 5.15 Å². The molecule has 0 radical (unpaired) electrons. The van der Waals surface area contributed by atoms with Gasteiger partial charge >= 0.3 is 0 Å². The zero-order chi connectivity index (χ0) is 12.3. The normalized spacial score (nSPS) is 18.6. The first-order valence-corrected chi connectivity index (χ1v) is 6.84. The van der Waals surface area contributed by atoms with Crippen molar-refractivity contribution in [2.45, 2.75) is 37.6 Å². The first kappa shape index (κ1) is 12.6. The summed E-state index contributed by atoms with van der Waals surface area (Å²) in [5, 5.41) is 22.5. The number of halogens is 1. The number of aromatic nitrogens is 1. The van der Waals surface area contributed by atoms with Gasteiger partial charge in [-0.3, -0.25) is 0 Å². The third-order valence-electron chi connectivity index (χ3n) is 3.17. The number of nitriles is 1. The Balaban J connectivity index is 2.15. The maximum Gasteiger partial charge on any atom is 0.185 e. The van der Waals surface area contributed by atoms with E-state index in [4.69, 9.17) is 16.9 Å². The SMILES string of the molecule is N#Cc1sc(NC2(CO)CCCCC2)nc1Cl. The molecule has 17 heavy (non-hydrogen) atoms. The van der Waals surface area contributed by atoms with E-state index in [2.05, 4.69) is 10.3 Å². The first-order valence-electron chi connectivity index (χ1n) is 5.64. The first-order chi connectivity index (χ1) is 8.19. The summed E-state index contributed by atoms with van der Waals surface area (Å²) in [7, 11) is 0. The summed E-state index contributed by atoms with van der Waals surface area (Å²) in [4.78, 5) is 4.52. The number of aliphatic hydroxyl groups is 1. The molecular weight excluding hydrogens is 258 g/mol. The van der Waals surface area contributed by atoms with Gasteiger partial charge in [0.25, 0.3) is 0 Å². The zero-order valence-electron chi connectivity index (χ0n) is 9.37. The molecular formula is C11H14ClN3OS. The largest absolute Gasteiger partial charge is 0.394 e. The third kappa shape index (κ3) is 2.71. The standard InChI is InChI=1S/C11H14ClN3OS/c12-9-8(6-13)17-10(14-9)15-11(7-16)4-2-1-3-5-11/h16H,1-5,7H2,(H,14,15). The number of hydrogen-bond donors (Lipinski definition) is 2. The Labute approximate surface area is 109 Å². The van der Waals surface area contributed by atoms with Crippen LogP contribution < -0.4 is 5.32 Å². The summed E-state index contributed by atoms with van der Waals surface area (Å²) >= 11 is 7.07. The van der Waals surface area contributed by atoms with Crippen LogP contribution in [0.4, 0.5) is 5.13 Å². The number of thiazole rings is 1. The van der Waals surface area contributed by atoms with E-state index in [9.17, 15) is 5.11 Å². The van der Waals surface area contributed by atoms with Crippen molar-refractivity contribution in [3.05, 3.63) is 10.0 Å². The Morgan fingerprint density at radius 2 is 2.18 bits per heavy atom. The lowest BCUT2D eigenvalue weighted by atomic mass is 9.82. The zero-order valence-corrected chi connectivity index (χ0v) is 10.9. The predicted octanol–water partition coefficient (Wildman–Crippen LogP) is 2.78. The molecule has 1 heterocycles. The maximum atomic E-state index is 9.55. The van der Waals surface area contributed by atoms with Crippen molar-refractivity contribution < 1.29 is 5.11 Å². The lowest BCUT2D eigenvalue weighted by molar-refractivity contribution is 0.173. The fourth-order valence-electron chi connectivity index (χ4n) is 2.20. The second kappa shape index (κ2) is 5.21. The van der Waals surface area contributed by atoms with Crippen molar-refractivity contribution in [3.8, 4) is 6.07 Å². The van der Waals surface area contributed by atoms with Crippen molar-refractivity contribution in [2.24, 2.45) is 0 Å². The summed E-state index contributed by atoms with van der Waals surface area (Å²) < 4.78 is 0. The number of nitrogens with one attached hydrogen (secondary N) is 1. The fraction of sp³-hybridized carbons (Fsp3) is 0.636. The van der Waals surface area contributed by atoms with Crippen molar-refractivity contribution in [3.63, 3.8) is 0 Å². The second-order valence-electron chi connectivity index (χ2n) is 4.37. The number of rotatable bonds is 3. The van der Waals surface area contributed by atoms with Gasteiger partial charge in [-0.2, -0.15) is 5.26 Å². The van der Waals surface area contributed by atoms with Crippen LogP contribution in [0.5, 0.6) is 0 Å². The molecule has 0 amide bonds.